The highest BCUT2D eigenvalue weighted by Crippen LogP contribution is 2.39. The number of hydrazone groups is 1. The summed E-state index contributed by atoms with van der Waals surface area (Å²) in [6.45, 7) is 3.68. The van der Waals surface area contributed by atoms with Crippen LogP contribution < -0.4 is 20.6 Å². The second-order valence-corrected chi connectivity index (χ2v) is 6.87. The molecule has 1 aromatic heterocycles. The molecule has 0 unspecified atom stereocenters. The molecule has 29 heavy (non-hydrogen) atoms. The zero-order chi connectivity index (χ0) is 21.3. The van der Waals surface area contributed by atoms with E-state index in [0.717, 1.165) is 5.01 Å². The normalized spacial score (nSPS) is 13.8. The molecule has 0 bridgehead atoms. The lowest BCUT2D eigenvalue weighted by Crippen LogP contribution is -2.44. The zero-order valence-corrected chi connectivity index (χ0v) is 16.4. The van der Waals surface area contributed by atoms with Gasteiger partial charge in [-0.3, -0.25) is 9.59 Å². The minimum Gasteiger partial charge on any atom is -0.434 e. The van der Waals surface area contributed by atoms with Gasteiger partial charge < -0.3 is 4.74 Å². The number of imide groups is 1. The molecule has 0 aliphatic carbocycles. The van der Waals surface area contributed by atoms with E-state index in [9.17, 15) is 14.4 Å². The van der Waals surface area contributed by atoms with Crippen LogP contribution in [-0.4, -0.2) is 27.8 Å². The Hall–Kier alpha value is -3.42. The smallest absolute Gasteiger partial charge is 0.372 e. The van der Waals surface area contributed by atoms with Crippen molar-refractivity contribution < 1.29 is 14.3 Å². The van der Waals surface area contributed by atoms with Crippen molar-refractivity contribution in [2.75, 3.05) is 5.01 Å². The van der Waals surface area contributed by atoms with Crippen LogP contribution in [0.1, 0.15) is 25.3 Å². The van der Waals surface area contributed by atoms with Crippen LogP contribution in [0.25, 0.3) is 0 Å². The Morgan fingerprint density at radius 1 is 1.17 bits per heavy atom. The number of benzene rings is 1. The van der Waals surface area contributed by atoms with Crippen molar-refractivity contribution in [2.45, 2.75) is 19.8 Å². The molecule has 10 nitrogen and oxygen atoms in total. The summed E-state index contributed by atoms with van der Waals surface area (Å²) in [6.07, 6.45) is 0. The average Bonchev–Trinajstić information content (AvgIpc) is 2.65. The highest BCUT2D eigenvalue weighted by atomic mass is 35.5. The molecule has 1 aromatic carbocycles. The van der Waals surface area contributed by atoms with Crippen molar-refractivity contribution in [1.29, 1.82) is 5.26 Å². The summed E-state index contributed by atoms with van der Waals surface area (Å²) >= 11 is 12.5. The third kappa shape index (κ3) is 4.06. The zero-order valence-electron chi connectivity index (χ0n) is 14.9. The maximum absolute atomic E-state index is 12.0. The fourth-order valence-electron chi connectivity index (χ4n) is 2.36. The van der Waals surface area contributed by atoms with Gasteiger partial charge in [-0.05, 0) is 18.1 Å². The Morgan fingerprint density at radius 3 is 2.41 bits per heavy atom. The quantitative estimate of drug-likeness (QED) is 0.784. The van der Waals surface area contributed by atoms with E-state index in [2.05, 4.69) is 20.6 Å². The number of aromatic amines is 1. The number of aromatic nitrogens is 2. The number of H-pyrrole nitrogens is 1. The number of nitrogens with zero attached hydrogens (tertiary/aromatic N) is 5. The van der Waals surface area contributed by atoms with E-state index < -0.39 is 17.6 Å². The molecule has 3 rings (SSSR count). The first-order chi connectivity index (χ1) is 13.7. The number of halogens is 2. The van der Waals surface area contributed by atoms with Crippen molar-refractivity contribution in [3.05, 3.63) is 44.2 Å². The number of nitrogens with one attached hydrogen (secondary N) is 1. The fraction of sp³-hybridized carbons (Fsp3) is 0.176. The summed E-state index contributed by atoms with van der Waals surface area (Å²) < 4.78 is 5.60. The second-order valence-electron chi connectivity index (χ2n) is 6.06. The molecule has 1 radical (unpaired) electrons. The average molecular weight is 434 g/mol. The van der Waals surface area contributed by atoms with E-state index in [1.165, 1.54) is 18.2 Å². The van der Waals surface area contributed by atoms with Crippen LogP contribution in [0.4, 0.5) is 10.5 Å². The van der Waals surface area contributed by atoms with Gasteiger partial charge in [0.15, 0.2) is 5.75 Å². The van der Waals surface area contributed by atoms with Gasteiger partial charge in [0.1, 0.15) is 6.07 Å². The van der Waals surface area contributed by atoms with Crippen LogP contribution in [0, 0.1) is 11.3 Å². The first-order valence-electron chi connectivity index (χ1n) is 8.06. The Morgan fingerprint density at radius 2 is 1.83 bits per heavy atom. The number of urea groups is 1. The SMILES string of the molecule is CC(C)c1cc(Oc2c(Cl)cc(N3N=C(C#N)C(=O)[N]C3=O)cc2Cl)n[nH]c1=O. The summed E-state index contributed by atoms with van der Waals surface area (Å²) in [5.41, 5.74) is -0.371. The van der Waals surface area contributed by atoms with E-state index in [1.54, 1.807) is 6.07 Å². The minimum absolute atomic E-state index is 0.00926. The second kappa shape index (κ2) is 7.90. The number of carbonyl (C=O) groups is 2. The van der Waals surface area contributed by atoms with Gasteiger partial charge >= 0.3 is 11.9 Å². The van der Waals surface area contributed by atoms with Gasteiger partial charge in [-0.2, -0.15) is 10.3 Å². The van der Waals surface area contributed by atoms with Crippen molar-refractivity contribution in [3.63, 3.8) is 0 Å². The van der Waals surface area contributed by atoms with Gasteiger partial charge in [0.2, 0.25) is 11.6 Å². The number of ether oxygens (including phenoxy) is 1. The summed E-state index contributed by atoms with van der Waals surface area (Å²) in [4.78, 5) is 35.2. The lowest BCUT2D eigenvalue weighted by molar-refractivity contribution is -0.114. The molecular formula is C17H11Cl2N6O4. The molecule has 12 heteroatoms. The molecular weight excluding hydrogens is 423 g/mol. The molecule has 3 amide bonds. The van der Waals surface area contributed by atoms with Gasteiger partial charge in [-0.25, -0.2) is 9.89 Å². The Labute approximate surface area is 173 Å². The summed E-state index contributed by atoms with van der Waals surface area (Å²) in [5, 5.41) is 22.6. The standard InChI is InChI=1S/C17H11Cl2N6O4/c1-7(2)9-5-13(22-23-15(9)26)29-14-10(18)3-8(4-11(14)19)25-17(28)21-16(27)12(6-20)24-25/h3-5,7H,1-2H3,(H,23,26). The molecule has 0 saturated heterocycles. The van der Waals surface area contributed by atoms with Gasteiger partial charge in [-0.1, -0.05) is 37.0 Å². The predicted octanol–water partition coefficient (Wildman–Crippen LogP) is 2.94. The lowest BCUT2D eigenvalue weighted by Gasteiger charge is -2.20. The molecule has 1 aliphatic heterocycles. The molecule has 2 aromatic rings. The van der Waals surface area contributed by atoms with Crippen LogP contribution >= 0.6 is 23.2 Å². The maximum Gasteiger partial charge on any atom is 0.372 e. The summed E-state index contributed by atoms with van der Waals surface area (Å²) in [6, 6.07) is 4.60. The number of anilines is 1. The third-order valence-corrected chi connectivity index (χ3v) is 4.31. The van der Waals surface area contributed by atoms with E-state index >= 15 is 0 Å². The van der Waals surface area contributed by atoms with Crippen molar-refractivity contribution in [3.8, 4) is 17.7 Å². The Kier molecular flexibility index (Phi) is 5.54. The largest absolute Gasteiger partial charge is 0.434 e. The van der Waals surface area contributed by atoms with Crippen molar-refractivity contribution in [1.82, 2.24) is 15.5 Å². The highest BCUT2D eigenvalue weighted by Gasteiger charge is 2.31. The van der Waals surface area contributed by atoms with Crippen molar-refractivity contribution >= 4 is 46.5 Å². The summed E-state index contributed by atoms with van der Waals surface area (Å²) in [7, 11) is 0. The lowest BCUT2D eigenvalue weighted by atomic mass is 10.1. The van der Waals surface area contributed by atoms with Gasteiger partial charge in [0.05, 0.1) is 15.7 Å². The molecule has 0 atom stereocenters. The Balaban J connectivity index is 1.97. The summed E-state index contributed by atoms with van der Waals surface area (Å²) in [5.74, 6) is -1.02. The van der Waals surface area contributed by atoms with Crippen LogP contribution in [-0.2, 0) is 4.79 Å². The van der Waals surface area contributed by atoms with Gasteiger partial charge in [0, 0.05) is 11.6 Å². The van der Waals surface area contributed by atoms with Crippen LogP contribution in [0.15, 0.2) is 28.1 Å². The molecule has 1 N–H and O–H groups in total. The molecule has 147 valence electrons. The number of nitriles is 1. The maximum atomic E-state index is 12.0. The van der Waals surface area contributed by atoms with E-state index in [4.69, 9.17) is 33.2 Å². The van der Waals surface area contributed by atoms with Crippen LogP contribution in [0.3, 0.4) is 0 Å². The highest BCUT2D eigenvalue weighted by molar-refractivity contribution is 6.49. The minimum atomic E-state index is -1.03. The van der Waals surface area contributed by atoms with Crippen LogP contribution in [0.2, 0.25) is 10.0 Å². The van der Waals surface area contributed by atoms with Crippen molar-refractivity contribution in [2.24, 2.45) is 5.10 Å². The molecule has 0 spiro atoms. The monoisotopic (exact) mass is 433 g/mol. The first kappa shape index (κ1) is 20.3. The molecule has 1 aliphatic rings. The number of amides is 3. The number of rotatable bonds is 4. The van der Waals surface area contributed by atoms with Gasteiger partial charge in [-0.15, -0.1) is 15.5 Å². The van der Waals surface area contributed by atoms with Gasteiger partial charge in [0.25, 0.3) is 5.56 Å². The number of carbonyl (C=O) groups excluding carboxylic acids is 2. The number of hydrogen-bond acceptors (Lipinski definition) is 7. The van der Waals surface area contributed by atoms with E-state index in [0.29, 0.717) is 5.56 Å². The molecule has 0 saturated carbocycles. The predicted molar refractivity (Wildman–Crippen MR) is 104 cm³/mol. The fourth-order valence-corrected chi connectivity index (χ4v) is 2.92. The van der Waals surface area contributed by atoms with Crippen LogP contribution in [0.5, 0.6) is 11.6 Å². The number of hydrogen-bond donors (Lipinski definition) is 1. The topological polar surface area (TPSA) is 143 Å². The molecule has 2 heterocycles. The third-order valence-electron chi connectivity index (χ3n) is 3.75. The van der Waals surface area contributed by atoms with E-state index in [-0.39, 0.29) is 38.8 Å². The Bertz CT molecular complexity index is 1130. The van der Waals surface area contributed by atoms with E-state index in [1.807, 2.05) is 13.8 Å². The molecule has 0 fully saturated rings. The first-order valence-corrected chi connectivity index (χ1v) is 8.82.